The van der Waals surface area contributed by atoms with Crippen molar-refractivity contribution in [2.45, 2.75) is 33.9 Å². The van der Waals surface area contributed by atoms with Gasteiger partial charge in [-0.25, -0.2) is 4.68 Å². The van der Waals surface area contributed by atoms with Crippen LogP contribution in [0.4, 0.5) is 0 Å². The van der Waals surface area contributed by atoms with Crippen LogP contribution in [0.3, 0.4) is 0 Å². The number of aryl methyl sites for hydroxylation is 2. The third kappa shape index (κ3) is 4.14. The van der Waals surface area contributed by atoms with E-state index >= 15 is 0 Å². The molecule has 0 fully saturated rings. The summed E-state index contributed by atoms with van der Waals surface area (Å²) in [6, 6.07) is 14.5. The number of guanidine groups is 1. The number of aromatic nitrogens is 2. The van der Waals surface area contributed by atoms with Crippen LogP contribution >= 0.6 is 11.3 Å². The molecule has 0 spiro atoms. The number of benzene rings is 1. The van der Waals surface area contributed by atoms with Crippen molar-refractivity contribution in [1.82, 2.24) is 20.4 Å². The number of rotatable bonds is 5. The average molecular weight is 368 g/mol. The van der Waals surface area contributed by atoms with E-state index in [2.05, 4.69) is 53.7 Å². The van der Waals surface area contributed by atoms with Gasteiger partial charge in [-0.1, -0.05) is 18.2 Å². The van der Waals surface area contributed by atoms with Crippen molar-refractivity contribution in [3.63, 3.8) is 0 Å². The zero-order chi connectivity index (χ0) is 18.5. The molecule has 0 radical (unpaired) electrons. The van der Waals surface area contributed by atoms with Crippen LogP contribution in [0.15, 0.2) is 47.5 Å². The molecule has 3 rings (SSSR count). The van der Waals surface area contributed by atoms with Crippen LogP contribution in [-0.2, 0) is 13.1 Å². The first-order valence-electron chi connectivity index (χ1n) is 8.69. The summed E-state index contributed by atoms with van der Waals surface area (Å²) in [5.41, 5.74) is 4.45. The Balaban J connectivity index is 1.66. The predicted molar refractivity (Wildman–Crippen MR) is 109 cm³/mol. The molecule has 0 aliphatic rings. The number of thiophene rings is 1. The summed E-state index contributed by atoms with van der Waals surface area (Å²) in [6.45, 7) is 7.74. The quantitative estimate of drug-likeness (QED) is 0.534. The number of hydrogen-bond donors (Lipinski definition) is 2. The van der Waals surface area contributed by atoms with Crippen molar-refractivity contribution < 1.29 is 0 Å². The summed E-state index contributed by atoms with van der Waals surface area (Å²) in [6.07, 6.45) is 0. The van der Waals surface area contributed by atoms with Crippen molar-refractivity contribution in [3.8, 4) is 5.69 Å². The van der Waals surface area contributed by atoms with Crippen LogP contribution in [-0.4, -0.2) is 22.8 Å². The second kappa shape index (κ2) is 8.19. The molecule has 3 aromatic rings. The summed E-state index contributed by atoms with van der Waals surface area (Å²) < 4.78 is 2.00. The fourth-order valence-electron chi connectivity index (χ4n) is 2.90. The molecule has 0 unspecified atom stereocenters. The van der Waals surface area contributed by atoms with Crippen LogP contribution in [0.5, 0.6) is 0 Å². The summed E-state index contributed by atoms with van der Waals surface area (Å²) in [7, 11) is 1.79. The van der Waals surface area contributed by atoms with Crippen molar-refractivity contribution in [2.75, 3.05) is 7.05 Å². The average Bonchev–Trinajstić information content (AvgIpc) is 3.19. The van der Waals surface area contributed by atoms with Gasteiger partial charge < -0.3 is 10.6 Å². The second-order valence-corrected chi connectivity index (χ2v) is 7.56. The van der Waals surface area contributed by atoms with E-state index in [1.165, 1.54) is 15.3 Å². The highest BCUT2D eigenvalue weighted by Gasteiger charge is 2.13. The molecule has 26 heavy (non-hydrogen) atoms. The molecule has 6 heteroatoms. The molecular formula is C20H25N5S. The molecule has 0 amide bonds. The fraction of sp³-hybridized carbons (Fsp3) is 0.300. The highest BCUT2D eigenvalue weighted by atomic mass is 32.1. The lowest BCUT2D eigenvalue weighted by atomic mass is 10.2. The highest BCUT2D eigenvalue weighted by molar-refractivity contribution is 7.11. The van der Waals surface area contributed by atoms with Gasteiger partial charge in [0.25, 0.3) is 0 Å². The van der Waals surface area contributed by atoms with Gasteiger partial charge in [0.1, 0.15) is 0 Å². The first-order valence-corrected chi connectivity index (χ1v) is 9.50. The third-order valence-corrected chi connectivity index (χ3v) is 5.32. The zero-order valence-corrected chi connectivity index (χ0v) is 16.5. The van der Waals surface area contributed by atoms with Gasteiger partial charge in [0.15, 0.2) is 5.96 Å². The van der Waals surface area contributed by atoms with E-state index in [9.17, 15) is 0 Å². The van der Waals surface area contributed by atoms with Crippen LogP contribution in [0.1, 0.15) is 26.7 Å². The Morgan fingerprint density at radius 3 is 2.42 bits per heavy atom. The maximum atomic E-state index is 4.70. The standard InChI is InChI=1S/C20H25N5S/c1-14-10-11-18(26-14)12-22-20(21-4)23-13-19-15(2)24-25(16(19)3)17-8-6-5-7-9-17/h5-11H,12-13H2,1-4H3,(H2,21,22,23). The van der Waals surface area contributed by atoms with Crippen LogP contribution < -0.4 is 10.6 Å². The highest BCUT2D eigenvalue weighted by Crippen LogP contribution is 2.18. The van der Waals surface area contributed by atoms with E-state index in [4.69, 9.17) is 5.10 Å². The molecule has 0 atom stereocenters. The van der Waals surface area contributed by atoms with Crippen molar-refractivity contribution >= 4 is 17.3 Å². The van der Waals surface area contributed by atoms with Gasteiger partial charge in [-0.3, -0.25) is 4.99 Å². The van der Waals surface area contributed by atoms with Gasteiger partial charge in [-0.05, 0) is 45.0 Å². The molecule has 136 valence electrons. The predicted octanol–water partition coefficient (Wildman–Crippen LogP) is 3.72. The smallest absolute Gasteiger partial charge is 0.191 e. The van der Waals surface area contributed by atoms with Crippen molar-refractivity contribution in [1.29, 1.82) is 0 Å². The number of hydrogen-bond acceptors (Lipinski definition) is 3. The minimum Gasteiger partial charge on any atom is -0.352 e. The fourth-order valence-corrected chi connectivity index (χ4v) is 3.73. The number of aliphatic imine (C=N–C) groups is 1. The second-order valence-electron chi connectivity index (χ2n) is 6.19. The van der Waals surface area contributed by atoms with Gasteiger partial charge in [-0.2, -0.15) is 5.10 Å². The van der Waals surface area contributed by atoms with E-state index in [-0.39, 0.29) is 0 Å². The lowest BCUT2D eigenvalue weighted by molar-refractivity contribution is 0.805. The lowest BCUT2D eigenvalue weighted by Gasteiger charge is -2.12. The molecule has 5 nitrogen and oxygen atoms in total. The van der Waals surface area contributed by atoms with Crippen LogP contribution in [0, 0.1) is 20.8 Å². The minimum atomic E-state index is 0.688. The Morgan fingerprint density at radius 2 is 1.77 bits per heavy atom. The van der Waals surface area contributed by atoms with Gasteiger partial charge in [0, 0.05) is 34.6 Å². The monoisotopic (exact) mass is 367 g/mol. The Labute approximate surface area is 158 Å². The number of para-hydroxylation sites is 1. The number of nitrogens with zero attached hydrogens (tertiary/aromatic N) is 3. The molecule has 2 heterocycles. The molecule has 0 saturated carbocycles. The van der Waals surface area contributed by atoms with E-state index in [0.29, 0.717) is 6.54 Å². The van der Waals surface area contributed by atoms with E-state index in [1.807, 2.05) is 29.8 Å². The topological polar surface area (TPSA) is 54.2 Å². The van der Waals surface area contributed by atoms with E-state index in [1.54, 1.807) is 18.4 Å². The van der Waals surface area contributed by atoms with Gasteiger partial charge in [0.2, 0.25) is 0 Å². The van der Waals surface area contributed by atoms with Crippen LogP contribution in [0.2, 0.25) is 0 Å². The van der Waals surface area contributed by atoms with Gasteiger partial charge in [0.05, 0.1) is 17.9 Å². The molecule has 0 aliphatic carbocycles. The maximum Gasteiger partial charge on any atom is 0.191 e. The molecule has 0 saturated heterocycles. The Hall–Kier alpha value is -2.60. The first kappa shape index (κ1) is 18.2. The summed E-state index contributed by atoms with van der Waals surface area (Å²) in [4.78, 5) is 6.95. The molecule has 0 aliphatic heterocycles. The van der Waals surface area contributed by atoms with Gasteiger partial charge >= 0.3 is 0 Å². The Kier molecular flexibility index (Phi) is 5.73. The molecule has 1 aromatic carbocycles. The number of nitrogens with one attached hydrogen (secondary N) is 2. The van der Waals surface area contributed by atoms with Gasteiger partial charge in [-0.15, -0.1) is 11.3 Å². The largest absolute Gasteiger partial charge is 0.352 e. The van der Waals surface area contributed by atoms with Crippen molar-refractivity contribution in [2.24, 2.45) is 4.99 Å². The SMILES string of the molecule is CN=C(NCc1ccc(C)s1)NCc1c(C)nn(-c2ccccc2)c1C. The van der Waals surface area contributed by atoms with E-state index < -0.39 is 0 Å². The zero-order valence-electron chi connectivity index (χ0n) is 15.7. The summed E-state index contributed by atoms with van der Waals surface area (Å²) >= 11 is 1.80. The normalized spacial score (nSPS) is 11.6. The van der Waals surface area contributed by atoms with E-state index in [0.717, 1.165) is 29.6 Å². The molecular weight excluding hydrogens is 342 g/mol. The lowest BCUT2D eigenvalue weighted by Crippen LogP contribution is -2.36. The maximum absolute atomic E-state index is 4.70. The third-order valence-electron chi connectivity index (χ3n) is 4.32. The molecule has 0 bridgehead atoms. The first-order chi connectivity index (χ1) is 12.6. The molecule has 2 N–H and O–H groups in total. The summed E-state index contributed by atoms with van der Waals surface area (Å²) in [5, 5.41) is 11.5. The Morgan fingerprint density at radius 1 is 1.04 bits per heavy atom. The van der Waals surface area contributed by atoms with Crippen LogP contribution in [0.25, 0.3) is 5.69 Å². The van der Waals surface area contributed by atoms with Crippen molar-refractivity contribution in [3.05, 3.63) is 69.2 Å². The Bertz CT molecular complexity index is 892. The summed E-state index contributed by atoms with van der Waals surface area (Å²) in [5.74, 6) is 0.794. The molecule has 2 aromatic heterocycles. The minimum absolute atomic E-state index is 0.688.